The molecule has 0 fully saturated rings. The lowest BCUT2D eigenvalue weighted by Gasteiger charge is -2.16. The summed E-state index contributed by atoms with van der Waals surface area (Å²) in [5.74, 6) is -1.83. The van der Waals surface area contributed by atoms with E-state index in [1.165, 1.54) is 48.3 Å². The number of hydrogen-bond donors (Lipinski definition) is 1. The molecule has 0 unspecified atom stereocenters. The van der Waals surface area contributed by atoms with Gasteiger partial charge in [-0.05, 0) is 19.1 Å². The lowest BCUT2D eigenvalue weighted by Crippen LogP contribution is -2.31. The third-order valence-electron chi connectivity index (χ3n) is 5.00. The van der Waals surface area contributed by atoms with Crippen LogP contribution in [0.1, 0.15) is 41.0 Å². The van der Waals surface area contributed by atoms with E-state index in [0.29, 0.717) is 11.4 Å². The molecule has 1 aromatic carbocycles. The van der Waals surface area contributed by atoms with Crippen LogP contribution in [0.5, 0.6) is 0 Å². The maximum atomic E-state index is 14.4. The Hall–Kier alpha value is -4.42. The van der Waals surface area contributed by atoms with Crippen molar-refractivity contribution in [3.8, 4) is 17.1 Å². The molecule has 0 aliphatic rings. The van der Waals surface area contributed by atoms with Gasteiger partial charge in [0.05, 0.1) is 29.7 Å². The molecule has 0 aliphatic heterocycles. The molecule has 34 heavy (non-hydrogen) atoms. The van der Waals surface area contributed by atoms with Gasteiger partial charge in [0.1, 0.15) is 22.9 Å². The highest BCUT2D eigenvalue weighted by atomic mass is 19.3. The molecule has 3 aromatic heterocycles. The van der Waals surface area contributed by atoms with Crippen molar-refractivity contribution in [2.24, 2.45) is 7.05 Å². The van der Waals surface area contributed by atoms with Crippen LogP contribution in [0.3, 0.4) is 0 Å². The molecule has 0 radical (unpaired) electrons. The average molecular weight is 470 g/mol. The minimum absolute atomic E-state index is 0.104. The molecule has 10 nitrogen and oxygen atoms in total. The average Bonchev–Trinajstić information content (AvgIpc) is 3.25. The molecule has 0 aliphatic carbocycles. The van der Waals surface area contributed by atoms with E-state index >= 15 is 0 Å². The molecule has 4 rings (SSSR count). The van der Waals surface area contributed by atoms with Crippen LogP contribution >= 0.6 is 0 Å². The van der Waals surface area contributed by atoms with Crippen LogP contribution in [0.2, 0.25) is 0 Å². The Kier molecular flexibility index (Phi) is 6.17. The van der Waals surface area contributed by atoms with Crippen LogP contribution < -0.4 is 10.9 Å². The van der Waals surface area contributed by atoms with Crippen molar-refractivity contribution in [2.45, 2.75) is 19.4 Å². The second-order valence-electron chi connectivity index (χ2n) is 7.26. The number of aryl methyl sites for hydroxylation is 1. The van der Waals surface area contributed by atoms with Crippen LogP contribution in [0.25, 0.3) is 17.1 Å². The minimum Gasteiger partial charge on any atom is -0.344 e. The number of alkyl halides is 2. The minimum atomic E-state index is -2.99. The first-order valence-electron chi connectivity index (χ1n) is 9.92. The van der Waals surface area contributed by atoms with Crippen molar-refractivity contribution >= 4 is 5.91 Å². The van der Waals surface area contributed by atoms with Crippen molar-refractivity contribution < 1.29 is 18.0 Å². The number of hydrogen-bond acceptors (Lipinski definition) is 7. The van der Waals surface area contributed by atoms with E-state index in [0.717, 1.165) is 16.8 Å². The fourth-order valence-corrected chi connectivity index (χ4v) is 3.26. The van der Waals surface area contributed by atoms with E-state index in [1.54, 1.807) is 7.05 Å². The van der Waals surface area contributed by atoms with Crippen molar-refractivity contribution in [2.75, 3.05) is 0 Å². The van der Waals surface area contributed by atoms with Gasteiger partial charge in [0.25, 0.3) is 17.9 Å². The van der Waals surface area contributed by atoms with E-state index in [4.69, 9.17) is 0 Å². The van der Waals surface area contributed by atoms with Crippen LogP contribution in [0.4, 0.5) is 13.2 Å². The summed E-state index contributed by atoms with van der Waals surface area (Å²) in [5, 5.41) is 22.0. The first-order valence-corrected chi connectivity index (χ1v) is 9.92. The van der Waals surface area contributed by atoms with Crippen LogP contribution in [-0.4, -0.2) is 40.9 Å². The highest BCUT2D eigenvalue weighted by Crippen LogP contribution is 2.27. The quantitative estimate of drug-likeness (QED) is 0.459. The van der Waals surface area contributed by atoms with Gasteiger partial charge in [-0.15, -0.1) is 10.2 Å². The molecule has 0 bridgehead atoms. The lowest BCUT2D eigenvalue weighted by atomic mass is 10.0. The SMILES string of the molecule is C[C@@H](NC(=O)c1ccc(=O)n(-c2cnnc(-c3cnnn3C)c2)n1)c1cccc(C(F)F)c1F. The number of benzene rings is 1. The Morgan fingerprint density at radius 1 is 1.09 bits per heavy atom. The molecule has 1 amide bonds. The zero-order valence-corrected chi connectivity index (χ0v) is 17.9. The summed E-state index contributed by atoms with van der Waals surface area (Å²) in [7, 11) is 1.66. The predicted octanol–water partition coefficient (Wildman–Crippen LogP) is 2.39. The largest absolute Gasteiger partial charge is 0.344 e. The van der Waals surface area contributed by atoms with Crippen LogP contribution in [0, 0.1) is 5.82 Å². The third kappa shape index (κ3) is 4.40. The number of carbonyl (C=O) groups excluding carboxylic acids is 1. The van der Waals surface area contributed by atoms with Gasteiger partial charge in [0.15, 0.2) is 0 Å². The summed E-state index contributed by atoms with van der Waals surface area (Å²) in [6, 6.07) is 6.48. The molecule has 0 saturated carbocycles. The Labute approximate surface area is 190 Å². The van der Waals surface area contributed by atoms with E-state index < -0.39 is 35.3 Å². The standard InChI is InChI=1S/C21H17F3N8O2/c1-11(13-4-3-5-14(19(13)22)20(23)24)27-21(34)15-6-7-18(33)32(29-15)12-8-16(28-25-9-12)17-10-26-30-31(17)2/h3-11,20H,1-2H3,(H,27,34)/t11-/m1/s1. The molecule has 4 aromatic rings. The fourth-order valence-electron chi connectivity index (χ4n) is 3.26. The van der Waals surface area contributed by atoms with Gasteiger partial charge >= 0.3 is 0 Å². The van der Waals surface area contributed by atoms with Crippen molar-refractivity contribution in [1.82, 2.24) is 40.3 Å². The van der Waals surface area contributed by atoms with Gasteiger partial charge in [0.2, 0.25) is 0 Å². The van der Waals surface area contributed by atoms with Crippen LogP contribution in [0.15, 0.2) is 53.6 Å². The number of halogens is 3. The number of amides is 1. The van der Waals surface area contributed by atoms with Crippen LogP contribution in [-0.2, 0) is 7.05 Å². The van der Waals surface area contributed by atoms with Gasteiger partial charge in [-0.2, -0.15) is 14.9 Å². The molecule has 0 saturated heterocycles. The van der Waals surface area contributed by atoms with E-state index in [9.17, 15) is 22.8 Å². The fraction of sp³-hybridized carbons (Fsp3) is 0.190. The Morgan fingerprint density at radius 2 is 1.85 bits per heavy atom. The molecule has 174 valence electrons. The van der Waals surface area contributed by atoms with Gasteiger partial charge in [-0.25, -0.2) is 17.9 Å². The topological polar surface area (TPSA) is 120 Å². The number of carbonyl (C=O) groups is 1. The summed E-state index contributed by atoms with van der Waals surface area (Å²) in [4.78, 5) is 25.2. The third-order valence-corrected chi connectivity index (χ3v) is 5.00. The summed E-state index contributed by atoms with van der Waals surface area (Å²) in [5.41, 5.74) is -0.411. The van der Waals surface area contributed by atoms with E-state index in [2.05, 4.69) is 30.9 Å². The molecule has 13 heteroatoms. The first kappa shape index (κ1) is 22.8. The van der Waals surface area contributed by atoms with E-state index in [-0.39, 0.29) is 16.9 Å². The van der Waals surface area contributed by atoms with Crippen molar-refractivity contribution in [1.29, 1.82) is 0 Å². The first-order chi connectivity index (χ1) is 16.3. The number of nitrogens with one attached hydrogen (secondary N) is 1. The maximum Gasteiger partial charge on any atom is 0.272 e. The second-order valence-corrected chi connectivity index (χ2v) is 7.26. The Bertz CT molecular complexity index is 1420. The summed E-state index contributed by atoms with van der Waals surface area (Å²) in [6.07, 6.45) is -0.233. The molecular weight excluding hydrogens is 453 g/mol. The van der Waals surface area contributed by atoms with E-state index in [1.807, 2.05) is 0 Å². The predicted molar refractivity (Wildman–Crippen MR) is 113 cm³/mol. The molecule has 1 N–H and O–H groups in total. The molecular formula is C21H17F3N8O2. The Morgan fingerprint density at radius 3 is 2.56 bits per heavy atom. The van der Waals surface area contributed by atoms with Gasteiger partial charge in [-0.3, -0.25) is 9.59 Å². The zero-order chi connectivity index (χ0) is 24.4. The summed E-state index contributed by atoms with van der Waals surface area (Å²) < 4.78 is 42.8. The number of aromatic nitrogens is 7. The van der Waals surface area contributed by atoms with Crippen molar-refractivity contribution in [3.05, 3.63) is 81.8 Å². The molecule has 3 heterocycles. The number of rotatable bonds is 6. The molecule has 0 spiro atoms. The number of nitrogens with zero attached hydrogens (tertiary/aromatic N) is 7. The maximum absolute atomic E-state index is 14.4. The highest BCUT2D eigenvalue weighted by molar-refractivity contribution is 5.92. The second kappa shape index (κ2) is 9.21. The van der Waals surface area contributed by atoms with Gasteiger partial charge in [-0.1, -0.05) is 23.4 Å². The lowest BCUT2D eigenvalue weighted by molar-refractivity contribution is 0.0932. The van der Waals surface area contributed by atoms with Gasteiger partial charge < -0.3 is 5.32 Å². The highest BCUT2D eigenvalue weighted by Gasteiger charge is 2.21. The van der Waals surface area contributed by atoms with Gasteiger partial charge in [0, 0.05) is 18.7 Å². The monoisotopic (exact) mass is 470 g/mol. The van der Waals surface area contributed by atoms with Crippen molar-refractivity contribution in [3.63, 3.8) is 0 Å². The smallest absolute Gasteiger partial charge is 0.272 e. The summed E-state index contributed by atoms with van der Waals surface area (Å²) in [6.45, 7) is 1.45. The Balaban J connectivity index is 1.62. The normalized spacial score (nSPS) is 12.1. The summed E-state index contributed by atoms with van der Waals surface area (Å²) >= 11 is 0. The molecule has 1 atom stereocenters. The zero-order valence-electron chi connectivity index (χ0n) is 17.9.